The minimum Gasteiger partial charge on any atom is -0.376 e. The van der Waals surface area contributed by atoms with Gasteiger partial charge in [-0.2, -0.15) is 86.4 Å². The molecular weight excluding hydrogens is 945 g/mol. The summed E-state index contributed by atoms with van der Waals surface area (Å²) < 4.78 is 263. The van der Waals surface area contributed by atoms with E-state index in [1.807, 2.05) is 0 Å². The second-order valence-electron chi connectivity index (χ2n) is 13.6. The fourth-order valence-corrected chi connectivity index (χ4v) is 8.36. The first-order chi connectivity index (χ1) is 27.8. The molecule has 2 aromatic carbocycles. The van der Waals surface area contributed by atoms with E-state index in [0.717, 1.165) is 24.3 Å². The molecule has 0 saturated carbocycles. The molecule has 1 aliphatic rings. The van der Waals surface area contributed by atoms with Crippen LogP contribution in [-0.2, 0) is 54.3 Å². The van der Waals surface area contributed by atoms with Crippen molar-refractivity contribution < 1.29 is 103 Å². The zero-order valence-corrected chi connectivity index (χ0v) is 34.6. The van der Waals surface area contributed by atoms with Crippen molar-refractivity contribution in [2.24, 2.45) is 0 Å². The number of hydrogen-bond acceptors (Lipinski definition) is 12. The summed E-state index contributed by atoms with van der Waals surface area (Å²) in [6.07, 6.45) is 2.99. The lowest BCUT2D eigenvalue weighted by atomic mass is 9.70. The molecule has 61 heavy (non-hydrogen) atoms. The third-order valence-electron chi connectivity index (χ3n) is 9.32. The average molecular weight is 983 g/mol. The van der Waals surface area contributed by atoms with Crippen molar-refractivity contribution in [3.05, 3.63) is 47.5 Å². The molecule has 0 heterocycles. The molecule has 12 nitrogen and oxygen atoms in total. The lowest BCUT2D eigenvalue weighted by molar-refractivity contribution is -0.0547. The van der Waals surface area contributed by atoms with Crippen molar-refractivity contribution in [3.8, 4) is 22.6 Å². The monoisotopic (exact) mass is 982 g/mol. The zero-order valence-electron chi connectivity index (χ0n) is 31.3. The molecule has 0 radical (unpaired) electrons. The summed E-state index contributed by atoms with van der Waals surface area (Å²) in [7, 11) is -24.0. The molecule has 0 N–H and O–H groups in total. The normalized spacial score (nSPS) is 15.1. The summed E-state index contributed by atoms with van der Waals surface area (Å²) in [5, 5.41) is 0. The Morgan fingerprint density at radius 3 is 0.967 bits per heavy atom. The molecular formula is C33H38F12O12S4. The lowest BCUT2D eigenvalue weighted by Crippen LogP contribution is -2.29. The third kappa shape index (κ3) is 13.5. The fourth-order valence-electron chi connectivity index (χ4n) is 6.51. The maximum Gasteiger partial charge on any atom is 0.534 e. The van der Waals surface area contributed by atoms with Gasteiger partial charge in [-0.05, 0) is 72.2 Å². The number of fused-ring (bicyclic) bond motifs is 3. The van der Waals surface area contributed by atoms with E-state index in [9.17, 15) is 86.4 Å². The van der Waals surface area contributed by atoms with Crippen molar-refractivity contribution in [2.75, 3.05) is 13.2 Å². The van der Waals surface area contributed by atoms with Gasteiger partial charge in [-0.25, -0.2) is 0 Å². The van der Waals surface area contributed by atoms with Gasteiger partial charge in [0.15, 0.2) is 0 Å². The maximum absolute atomic E-state index is 13.3. The predicted molar refractivity (Wildman–Crippen MR) is 190 cm³/mol. The Bertz CT molecular complexity index is 2100. The molecule has 0 unspecified atom stereocenters. The van der Waals surface area contributed by atoms with E-state index < -0.39 is 92.6 Å². The van der Waals surface area contributed by atoms with Gasteiger partial charge in [0, 0.05) is 5.41 Å². The summed E-state index contributed by atoms with van der Waals surface area (Å²) in [6, 6.07) is 6.19. The molecule has 28 heteroatoms. The van der Waals surface area contributed by atoms with Crippen molar-refractivity contribution >= 4 is 40.5 Å². The highest BCUT2D eigenvalue weighted by Crippen LogP contribution is 2.56. The van der Waals surface area contributed by atoms with Crippen molar-refractivity contribution in [1.82, 2.24) is 0 Å². The minimum absolute atomic E-state index is 0.0376. The summed E-state index contributed by atoms with van der Waals surface area (Å²) in [5.74, 6) is -1.59. The molecule has 0 aromatic heterocycles. The summed E-state index contributed by atoms with van der Waals surface area (Å²) in [4.78, 5) is 0. The maximum atomic E-state index is 13.3. The molecule has 0 amide bonds. The standard InChI is InChI=1S/C33H38F12O12S4/c34-30(35,36)58(46,47)54-19-11-7-3-1-5-9-17-29(18-10-6-2-4-8-12-20-55-59(48,49)31(37,38)39)27-21-23(56-60(50,51)32(40,41)42)13-15-25(27)26-16-14-24(22-28(26)29)57-61(52,53)33(43,44)45/h13-16,21-22H,1-12,17-20H2. The fraction of sp³-hybridized carbons (Fsp3) is 0.636. The molecule has 350 valence electrons. The SMILES string of the molecule is O=S(=O)(OCCCCCCCCC1(CCCCCCCCOS(=O)(=O)C(F)(F)F)c2cc(OS(=O)(=O)C(F)(F)F)ccc2-c2ccc(OS(=O)(=O)C(F)(F)F)cc21)C(F)(F)F. The van der Waals surface area contributed by atoms with Crippen LogP contribution in [0.15, 0.2) is 36.4 Å². The van der Waals surface area contributed by atoms with Gasteiger partial charge in [0.25, 0.3) is 0 Å². The van der Waals surface area contributed by atoms with Crippen LogP contribution in [0.2, 0.25) is 0 Å². The predicted octanol–water partition coefficient (Wildman–Crippen LogP) is 9.60. The molecule has 0 atom stereocenters. The second-order valence-corrected chi connectivity index (χ2v) is 19.9. The van der Waals surface area contributed by atoms with Gasteiger partial charge in [0.05, 0.1) is 13.2 Å². The van der Waals surface area contributed by atoms with Gasteiger partial charge in [-0.1, -0.05) is 76.3 Å². The van der Waals surface area contributed by atoms with Gasteiger partial charge in [0.2, 0.25) is 0 Å². The average Bonchev–Trinajstić information content (AvgIpc) is 3.35. The summed E-state index contributed by atoms with van der Waals surface area (Å²) >= 11 is 0. The van der Waals surface area contributed by atoms with E-state index in [-0.39, 0.29) is 73.6 Å². The van der Waals surface area contributed by atoms with E-state index >= 15 is 0 Å². The largest absolute Gasteiger partial charge is 0.534 e. The van der Waals surface area contributed by atoms with Crippen LogP contribution in [0.3, 0.4) is 0 Å². The molecule has 0 aliphatic heterocycles. The number of alkyl halides is 12. The summed E-state index contributed by atoms with van der Waals surface area (Å²) in [6.45, 7) is -1.51. The van der Waals surface area contributed by atoms with Crippen molar-refractivity contribution in [2.45, 2.75) is 117 Å². The van der Waals surface area contributed by atoms with Gasteiger partial charge in [0.1, 0.15) is 11.5 Å². The Balaban J connectivity index is 1.90. The van der Waals surface area contributed by atoms with Crippen molar-refractivity contribution in [3.63, 3.8) is 0 Å². The van der Waals surface area contributed by atoms with Crippen LogP contribution >= 0.6 is 0 Å². The van der Waals surface area contributed by atoms with E-state index in [0.29, 0.717) is 38.5 Å². The van der Waals surface area contributed by atoms with Crippen LogP contribution in [0.4, 0.5) is 52.7 Å². The molecule has 2 aromatic rings. The zero-order chi connectivity index (χ0) is 46.3. The van der Waals surface area contributed by atoms with Crippen LogP contribution in [-0.4, -0.2) is 68.9 Å². The van der Waals surface area contributed by atoms with Gasteiger partial charge < -0.3 is 8.37 Å². The Hall–Kier alpha value is -3.08. The van der Waals surface area contributed by atoms with E-state index in [1.165, 1.54) is 12.1 Å². The molecule has 0 bridgehead atoms. The minimum atomic E-state index is -6.20. The second kappa shape index (κ2) is 19.8. The number of benzene rings is 2. The molecule has 0 saturated heterocycles. The molecule has 1 aliphatic carbocycles. The number of rotatable bonds is 24. The van der Waals surface area contributed by atoms with Gasteiger partial charge in [-0.15, -0.1) is 0 Å². The number of unbranched alkanes of at least 4 members (excludes halogenated alkanes) is 10. The summed E-state index contributed by atoms with van der Waals surface area (Å²) in [5.41, 5.74) is -23.5. The van der Waals surface area contributed by atoms with E-state index in [2.05, 4.69) is 16.7 Å². The van der Waals surface area contributed by atoms with E-state index in [4.69, 9.17) is 0 Å². The Morgan fingerprint density at radius 2 is 0.672 bits per heavy atom. The smallest absolute Gasteiger partial charge is 0.376 e. The number of halogens is 12. The first-order valence-corrected chi connectivity index (χ1v) is 23.6. The lowest BCUT2D eigenvalue weighted by Gasteiger charge is -2.33. The topological polar surface area (TPSA) is 173 Å². The quantitative estimate of drug-likeness (QED) is 0.0423. The molecule has 0 fully saturated rings. The van der Waals surface area contributed by atoms with Crippen LogP contribution in [0.25, 0.3) is 11.1 Å². The first-order valence-electron chi connectivity index (χ1n) is 18.0. The first kappa shape index (κ1) is 52.3. The Morgan fingerprint density at radius 1 is 0.393 bits per heavy atom. The molecule has 3 rings (SSSR count). The number of hydrogen-bond donors (Lipinski definition) is 0. The molecule has 0 spiro atoms. The van der Waals surface area contributed by atoms with Gasteiger partial charge >= 0.3 is 62.5 Å². The van der Waals surface area contributed by atoms with Gasteiger partial charge in [-0.3, -0.25) is 8.37 Å². The van der Waals surface area contributed by atoms with Crippen molar-refractivity contribution in [1.29, 1.82) is 0 Å². The van der Waals surface area contributed by atoms with Crippen LogP contribution < -0.4 is 8.37 Å². The highest BCUT2D eigenvalue weighted by Gasteiger charge is 2.51. The van der Waals surface area contributed by atoms with Crippen LogP contribution in [0.1, 0.15) is 101 Å². The Kier molecular flexibility index (Phi) is 16.9. The van der Waals surface area contributed by atoms with E-state index in [1.54, 1.807) is 0 Å². The third-order valence-corrected chi connectivity index (χ3v) is 13.4. The highest BCUT2D eigenvalue weighted by molar-refractivity contribution is 7.88. The highest BCUT2D eigenvalue weighted by atomic mass is 32.2. The van der Waals surface area contributed by atoms with Crippen LogP contribution in [0.5, 0.6) is 11.5 Å². The van der Waals surface area contributed by atoms with Crippen LogP contribution in [0, 0.1) is 0 Å². The Labute approximate surface area is 343 Å².